The van der Waals surface area contributed by atoms with Crippen LogP contribution in [0, 0.1) is 17.2 Å². The summed E-state index contributed by atoms with van der Waals surface area (Å²) in [6, 6.07) is 8.71. The summed E-state index contributed by atoms with van der Waals surface area (Å²) in [6.07, 6.45) is 0. The average Bonchev–Trinajstić information content (AvgIpc) is 2.06. The zero-order valence-electron chi connectivity index (χ0n) is 9.29. The monoisotopic (exact) mass is 456 g/mol. The van der Waals surface area contributed by atoms with Gasteiger partial charge in [0.2, 0.25) is 0 Å². The summed E-state index contributed by atoms with van der Waals surface area (Å²) in [4.78, 5) is 9.00. The number of carboxylic acids is 1. The van der Waals surface area contributed by atoms with Crippen LogP contribution in [0.4, 0.5) is 0 Å². The van der Waals surface area contributed by atoms with Crippen LogP contribution in [0.15, 0.2) is 24.3 Å². The van der Waals surface area contributed by atoms with Crippen LogP contribution in [0.3, 0.4) is 0 Å². The zero-order chi connectivity index (χ0) is 14.1. The third-order valence-corrected chi connectivity index (χ3v) is 2.57. The van der Waals surface area contributed by atoms with Gasteiger partial charge in [0.1, 0.15) is 0 Å². The fourth-order valence-corrected chi connectivity index (χ4v) is 1.31. The Morgan fingerprint density at radius 3 is 1.65 bits per heavy atom. The molecule has 0 atom stereocenters. The van der Waals surface area contributed by atoms with E-state index in [1.54, 1.807) is 0 Å². The molecular formula is C9H12ClO6Tl. The molecule has 0 aliphatic heterocycles. The third-order valence-electron chi connectivity index (χ3n) is 1.08. The van der Waals surface area contributed by atoms with Crippen LogP contribution in [0.25, 0.3) is 0 Å². The molecule has 94 valence electrons. The van der Waals surface area contributed by atoms with Gasteiger partial charge in [-0.15, -0.1) is 0 Å². The van der Waals surface area contributed by atoms with Crippen LogP contribution in [0.1, 0.15) is 12.5 Å². The summed E-state index contributed by atoms with van der Waals surface area (Å²) < 4.78 is 34.2. The molecule has 0 heterocycles. The molecular weight excluding hydrogens is 444 g/mol. The van der Waals surface area contributed by atoms with Gasteiger partial charge in [-0.1, -0.05) is 0 Å². The molecule has 1 aromatic rings. The predicted molar refractivity (Wildman–Crippen MR) is 52.1 cm³/mol. The van der Waals surface area contributed by atoms with E-state index in [0.717, 1.165) is 32.7 Å². The van der Waals surface area contributed by atoms with Gasteiger partial charge in [-0.2, -0.15) is 14.0 Å². The molecule has 0 aromatic heterocycles. The predicted octanol–water partition coefficient (Wildman–Crippen LogP) is -3.24. The van der Waals surface area contributed by atoms with Crippen molar-refractivity contribution in [3.8, 4) is 0 Å². The largest absolute Gasteiger partial charge is 0.183 e. The average molecular weight is 456 g/mol. The van der Waals surface area contributed by atoms with Crippen molar-refractivity contribution in [1.29, 1.82) is 0 Å². The molecule has 0 aliphatic rings. The number of carbonyl (C=O) groups is 1. The van der Waals surface area contributed by atoms with Crippen LogP contribution in [0.5, 0.6) is 0 Å². The Hall–Kier alpha value is -0.258. The van der Waals surface area contributed by atoms with Crippen molar-refractivity contribution in [3.63, 3.8) is 0 Å². The molecule has 0 saturated heterocycles. The maximum absolute atomic E-state index is 9.00. The van der Waals surface area contributed by atoms with Gasteiger partial charge >= 0.3 is 65.6 Å². The molecule has 0 radical (unpaired) electrons. The van der Waals surface area contributed by atoms with Crippen LogP contribution in [0.2, 0.25) is 0 Å². The fraction of sp³-hybridized carbons (Fsp3) is 0.222. The molecule has 1 rings (SSSR count). The summed E-state index contributed by atoms with van der Waals surface area (Å²) in [5.74, 6) is -0.833. The SMILES string of the molecule is CC(=O)O.Cc1cc[c]([Tl])cc1.[O-][Cl+3]([O-])([O-])O. The Balaban J connectivity index is 0. The zero-order valence-corrected chi connectivity index (χ0v) is 14.5. The normalized spacial score (nSPS) is 9.24. The number of carboxylic acid groups (broad SMARTS) is 1. The number of hydrogen-bond donors (Lipinski definition) is 2. The fourth-order valence-electron chi connectivity index (χ4n) is 0.566. The van der Waals surface area contributed by atoms with Crippen molar-refractivity contribution in [2.24, 2.45) is 0 Å². The van der Waals surface area contributed by atoms with Gasteiger partial charge < -0.3 is 5.11 Å². The third kappa shape index (κ3) is 31.3. The van der Waals surface area contributed by atoms with Gasteiger partial charge in [-0.3, -0.25) is 4.79 Å². The van der Waals surface area contributed by atoms with Crippen molar-refractivity contribution >= 4 is 34.9 Å². The van der Waals surface area contributed by atoms with Crippen LogP contribution in [-0.4, -0.2) is 41.5 Å². The van der Waals surface area contributed by atoms with E-state index in [0.29, 0.717) is 0 Å². The van der Waals surface area contributed by atoms with Gasteiger partial charge in [0.15, 0.2) is 0 Å². The maximum Gasteiger partial charge on any atom is 0.0777 e. The smallest absolute Gasteiger partial charge is 0.0777 e. The first-order valence-corrected chi connectivity index (χ1v) is 7.68. The molecule has 0 bridgehead atoms. The Bertz CT molecular complexity index is 290. The second-order valence-electron chi connectivity index (χ2n) is 2.83. The van der Waals surface area contributed by atoms with Crippen LogP contribution < -0.4 is 17.1 Å². The van der Waals surface area contributed by atoms with Crippen molar-refractivity contribution < 1.29 is 38.8 Å². The minimum Gasteiger partial charge on any atom is -0.183 e. The first-order chi connectivity index (χ1) is 7.52. The first-order valence-electron chi connectivity index (χ1n) is 4.17. The number of aliphatic carboxylic acids is 1. The number of benzene rings is 1. The second-order valence-corrected chi connectivity index (χ2v) is 6.21. The maximum atomic E-state index is 9.00. The van der Waals surface area contributed by atoms with E-state index in [1.165, 1.54) is 8.69 Å². The number of halogens is 1. The van der Waals surface area contributed by atoms with Gasteiger partial charge in [0.25, 0.3) is 5.97 Å². The molecule has 0 saturated carbocycles. The van der Waals surface area contributed by atoms with E-state index >= 15 is 0 Å². The van der Waals surface area contributed by atoms with Gasteiger partial charge in [0.05, 0.1) is 14.9 Å². The molecule has 1 aromatic carbocycles. The summed E-state index contributed by atoms with van der Waals surface area (Å²) in [5, 5.41) is 7.42. The number of aryl methyl sites for hydroxylation is 1. The Morgan fingerprint density at radius 2 is 1.47 bits per heavy atom. The van der Waals surface area contributed by atoms with Crippen molar-refractivity contribution in [2.75, 3.05) is 0 Å². The van der Waals surface area contributed by atoms with E-state index in [4.69, 9.17) is 28.5 Å². The Morgan fingerprint density at radius 1 is 1.24 bits per heavy atom. The Kier molecular flexibility index (Phi) is 10.9. The molecule has 0 fully saturated rings. The second kappa shape index (κ2) is 9.74. The molecule has 0 aliphatic carbocycles. The number of rotatable bonds is 0. The molecule has 0 unspecified atom stereocenters. The molecule has 6 nitrogen and oxygen atoms in total. The van der Waals surface area contributed by atoms with Crippen LogP contribution >= 0.6 is 0 Å². The van der Waals surface area contributed by atoms with Gasteiger partial charge in [-0.25, -0.2) is 0 Å². The molecule has 0 amide bonds. The van der Waals surface area contributed by atoms with Crippen molar-refractivity contribution in [1.82, 2.24) is 0 Å². The topological polar surface area (TPSA) is 127 Å². The standard InChI is InChI=1S/C7H7.C2H4O2.ClHO4.Tl/c1-7-5-3-2-4-6-7;1-2(3)4;2-1(3,4)5;/h3-6H,1H3;1H3,(H,3,4);(H,2,3,4,5);. The van der Waals surface area contributed by atoms with Gasteiger partial charge in [0, 0.05) is 6.92 Å². The minimum atomic E-state index is -4.69. The molecule has 8 heteroatoms. The molecule has 17 heavy (non-hydrogen) atoms. The first kappa shape index (κ1) is 19.1. The van der Waals surface area contributed by atoms with E-state index < -0.39 is 16.2 Å². The Labute approximate surface area is 117 Å². The van der Waals surface area contributed by atoms with E-state index in [9.17, 15) is 0 Å². The summed E-state index contributed by atoms with van der Waals surface area (Å²) in [6.45, 7) is 3.20. The quantitative estimate of drug-likeness (QED) is 0.396. The molecule has 0 spiro atoms. The van der Waals surface area contributed by atoms with E-state index in [1.807, 2.05) is 0 Å². The number of hydrogen-bond acceptors (Lipinski definition) is 5. The molecule has 2 N–H and O–H groups in total. The van der Waals surface area contributed by atoms with E-state index in [-0.39, 0.29) is 0 Å². The summed E-state index contributed by atoms with van der Waals surface area (Å²) in [5.41, 5.74) is 1.36. The summed E-state index contributed by atoms with van der Waals surface area (Å²) >= 11 is 0.987. The van der Waals surface area contributed by atoms with Gasteiger partial charge in [-0.05, 0) is 0 Å². The van der Waals surface area contributed by atoms with Crippen molar-refractivity contribution in [2.45, 2.75) is 13.8 Å². The van der Waals surface area contributed by atoms with Crippen LogP contribution in [-0.2, 0) is 4.79 Å². The minimum absolute atomic E-state index is 0.833. The van der Waals surface area contributed by atoms with E-state index in [2.05, 4.69) is 31.2 Å². The van der Waals surface area contributed by atoms with Crippen molar-refractivity contribution in [3.05, 3.63) is 29.8 Å². The summed E-state index contributed by atoms with van der Waals surface area (Å²) in [7, 11) is -4.69.